The van der Waals surface area contributed by atoms with Crippen molar-refractivity contribution in [1.29, 1.82) is 0 Å². The molecule has 1 aliphatic heterocycles. The fraction of sp³-hybridized carbons (Fsp3) is 0.316. The highest BCUT2D eigenvalue weighted by Gasteiger charge is 2.27. The first-order valence-electron chi connectivity index (χ1n) is 8.38. The summed E-state index contributed by atoms with van der Waals surface area (Å²) in [5.74, 6) is -2.18. The summed E-state index contributed by atoms with van der Waals surface area (Å²) in [6.07, 6.45) is 0.262. The van der Waals surface area contributed by atoms with Crippen LogP contribution < -0.4 is 4.90 Å². The lowest BCUT2D eigenvalue weighted by Gasteiger charge is -2.39. The maximum absolute atomic E-state index is 13.6. The lowest BCUT2D eigenvalue weighted by atomic mass is 10.0. The van der Waals surface area contributed by atoms with E-state index in [4.69, 9.17) is 5.11 Å². The van der Waals surface area contributed by atoms with Crippen LogP contribution in [0.25, 0.3) is 0 Å². The SMILES string of the molecule is O=C(O)N1CCC(N(Cc2ccc(F)c(F)c2)c2ccc(F)cc2)CC1. The van der Waals surface area contributed by atoms with Crippen molar-refractivity contribution in [3.05, 3.63) is 65.5 Å². The van der Waals surface area contributed by atoms with E-state index in [-0.39, 0.29) is 11.9 Å². The molecule has 3 rings (SSSR count). The first-order valence-corrected chi connectivity index (χ1v) is 8.38. The van der Waals surface area contributed by atoms with Crippen molar-refractivity contribution < 1.29 is 23.1 Å². The van der Waals surface area contributed by atoms with Crippen molar-refractivity contribution in [1.82, 2.24) is 4.90 Å². The number of anilines is 1. The molecule has 1 N–H and O–H groups in total. The molecule has 7 heteroatoms. The molecular formula is C19H19F3N2O2. The van der Waals surface area contributed by atoms with Crippen molar-refractivity contribution in [2.45, 2.75) is 25.4 Å². The number of carbonyl (C=O) groups is 1. The number of nitrogens with zero attached hydrogens (tertiary/aromatic N) is 2. The number of amides is 1. The smallest absolute Gasteiger partial charge is 0.407 e. The van der Waals surface area contributed by atoms with Crippen LogP contribution in [0.1, 0.15) is 18.4 Å². The molecule has 0 radical (unpaired) electrons. The molecule has 1 saturated heterocycles. The monoisotopic (exact) mass is 364 g/mol. The summed E-state index contributed by atoms with van der Waals surface area (Å²) < 4.78 is 40.0. The number of hydrogen-bond donors (Lipinski definition) is 1. The minimum absolute atomic E-state index is 0.0178. The molecule has 26 heavy (non-hydrogen) atoms. The van der Waals surface area contributed by atoms with Gasteiger partial charge in [-0.3, -0.25) is 0 Å². The molecule has 2 aromatic rings. The fourth-order valence-corrected chi connectivity index (χ4v) is 3.27. The Morgan fingerprint density at radius 2 is 1.69 bits per heavy atom. The fourth-order valence-electron chi connectivity index (χ4n) is 3.27. The highest BCUT2D eigenvalue weighted by atomic mass is 19.2. The summed E-state index contributed by atoms with van der Waals surface area (Å²) >= 11 is 0. The molecule has 0 atom stereocenters. The van der Waals surface area contributed by atoms with Crippen molar-refractivity contribution in [3.63, 3.8) is 0 Å². The molecule has 0 aromatic heterocycles. The summed E-state index contributed by atoms with van der Waals surface area (Å²) in [7, 11) is 0. The Balaban J connectivity index is 1.83. The van der Waals surface area contributed by atoms with Crippen molar-refractivity contribution in [2.75, 3.05) is 18.0 Å². The topological polar surface area (TPSA) is 43.8 Å². The van der Waals surface area contributed by atoms with E-state index in [1.807, 2.05) is 4.90 Å². The number of benzene rings is 2. The van der Waals surface area contributed by atoms with Gasteiger partial charge in [-0.2, -0.15) is 0 Å². The average Bonchev–Trinajstić information content (AvgIpc) is 2.63. The zero-order valence-electron chi connectivity index (χ0n) is 14.0. The molecule has 0 unspecified atom stereocenters. The lowest BCUT2D eigenvalue weighted by Crippen LogP contribution is -2.46. The zero-order chi connectivity index (χ0) is 18.7. The van der Waals surface area contributed by atoms with Gasteiger partial charge in [-0.15, -0.1) is 0 Å². The van der Waals surface area contributed by atoms with Crippen LogP contribution in [0.2, 0.25) is 0 Å². The van der Waals surface area contributed by atoms with E-state index in [1.165, 1.54) is 23.1 Å². The standard InChI is InChI=1S/C19H19F3N2O2/c20-14-2-4-15(5-3-14)24(12-13-1-6-17(21)18(22)11-13)16-7-9-23(10-8-16)19(25)26/h1-6,11,16H,7-10,12H2,(H,25,26). The normalized spacial score (nSPS) is 15.1. The molecule has 0 spiro atoms. The van der Waals surface area contributed by atoms with Gasteiger partial charge >= 0.3 is 6.09 Å². The summed E-state index contributed by atoms with van der Waals surface area (Å²) in [5.41, 5.74) is 1.35. The van der Waals surface area contributed by atoms with Crippen LogP contribution >= 0.6 is 0 Å². The van der Waals surface area contributed by atoms with Crippen molar-refractivity contribution >= 4 is 11.8 Å². The van der Waals surface area contributed by atoms with Gasteiger partial charge in [0.25, 0.3) is 0 Å². The zero-order valence-corrected chi connectivity index (χ0v) is 14.0. The third kappa shape index (κ3) is 4.09. The van der Waals surface area contributed by atoms with Crippen LogP contribution in [0.4, 0.5) is 23.7 Å². The number of hydrogen-bond acceptors (Lipinski definition) is 2. The summed E-state index contributed by atoms with van der Waals surface area (Å²) in [6, 6.07) is 9.74. The first kappa shape index (κ1) is 18.1. The first-order chi connectivity index (χ1) is 12.4. The van der Waals surface area contributed by atoms with E-state index in [0.717, 1.165) is 17.8 Å². The van der Waals surface area contributed by atoms with Crippen LogP contribution in [0.3, 0.4) is 0 Å². The predicted octanol–water partition coefficient (Wildman–Crippen LogP) is 4.25. The molecule has 1 fully saturated rings. The second kappa shape index (κ2) is 7.68. The second-order valence-corrected chi connectivity index (χ2v) is 6.35. The minimum Gasteiger partial charge on any atom is -0.465 e. The van der Waals surface area contributed by atoms with Gasteiger partial charge in [0.15, 0.2) is 11.6 Å². The Kier molecular flexibility index (Phi) is 5.35. The molecule has 2 aromatic carbocycles. The predicted molar refractivity (Wildman–Crippen MR) is 91.6 cm³/mol. The van der Waals surface area contributed by atoms with Gasteiger partial charge in [-0.1, -0.05) is 6.07 Å². The number of carboxylic acid groups (broad SMARTS) is 1. The molecule has 1 heterocycles. The Bertz CT molecular complexity index is 775. The van der Waals surface area contributed by atoms with Gasteiger partial charge < -0.3 is 14.9 Å². The number of piperidine rings is 1. The third-order valence-electron chi connectivity index (χ3n) is 4.67. The molecule has 0 aliphatic carbocycles. The Morgan fingerprint density at radius 1 is 1.04 bits per heavy atom. The lowest BCUT2D eigenvalue weighted by molar-refractivity contribution is 0.131. The van der Waals surface area contributed by atoms with Crippen LogP contribution in [0, 0.1) is 17.5 Å². The Labute approximate surface area is 149 Å². The summed E-state index contributed by atoms with van der Waals surface area (Å²) in [4.78, 5) is 14.4. The average molecular weight is 364 g/mol. The van der Waals surface area contributed by atoms with Crippen LogP contribution in [-0.4, -0.2) is 35.2 Å². The van der Waals surface area contributed by atoms with E-state index < -0.39 is 17.7 Å². The van der Waals surface area contributed by atoms with E-state index in [2.05, 4.69) is 0 Å². The number of halogens is 3. The van der Waals surface area contributed by atoms with Gasteiger partial charge in [0.1, 0.15) is 5.82 Å². The third-order valence-corrected chi connectivity index (χ3v) is 4.67. The maximum atomic E-state index is 13.6. The van der Waals surface area contributed by atoms with Crippen LogP contribution in [0.15, 0.2) is 42.5 Å². The molecule has 1 amide bonds. The molecule has 1 aliphatic rings. The largest absolute Gasteiger partial charge is 0.465 e. The quantitative estimate of drug-likeness (QED) is 0.882. The summed E-state index contributed by atoms with van der Waals surface area (Å²) in [5, 5.41) is 9.10. The van der Waals surface area contributed by atoms with E-state index >= 15 is 0 Å². The van der Waals surface area contributed by atoms with Crippen molar-refractivity contribution in [3.8, 4) is 0 Å². The van der Waals surface area contributed by atoms with Gasteiger partial charge in [-0.25, -0.2) is 18.0 Å². The van der Waals surface area contributed by atoms with Gasteiger partial charge in [0, 0.05) is 31.4 Å². The molecule has 4 nitrogen and oxygen atoms in total. The van der Waals surface area contributed by atoms with Crippen molar-refractivity contribution in [2.24, 2.45) is 0 Å². The molecule has 0 bridgehead atoms. The molecular weight excluding hydrogens is 345 g/mol. The van der Waals surface area contributed by atoms with Crippen LogP contribution in [0.5, 0.6) is 0 Å². The minimum atomic E-state index is -0.947. The number of likely N-dealkylation sites (tertiary alicyclic amines) is 1. The van der Waals surface area contributed by atoms with Gasteiger partial charge in [0.2, 0.25) is 0 Å². The highest BCUT2D eigenvalue weighted by Crippen LogP contribution is 2.26. The maximum Gasteiger partial charge on any atom is 0.407 e. The Hall–Kier alpha value is -2.70. The summed E-state index contributed by atoms with van der Waals surface area (Å²) in [6.45, 7) is 1.12. The number of rotatable bonds is 4. The van der Waals surface area contributed by atoms with E-state index in [0.29, 0.717) is 38.0 Å². The molecule has 138 valence electrons. The highest BCUT2D eigenvalue weighted by molar-refractivity contribution is 5.65. The van der Waals surface area contributed by atoms with Gasteiger partial charge in [-0.05, 0) is 54.8 Å². The van der Waals surface area contributed by atoms with Gasteiger partial charge in [0.05, 0.1) is 0 Å². The second-order valence-electron chi connectivity index (χ2n) is 6.35. The van der Waals surface area contributed by atoms with Crippen LogP contribution in [-0.2, 0) is 6.54 Å². The molecule has 0 saturated carbocycles. The van der Waals surface area contributed by atoms with E-state index in [1.54, 1.807) is 12.1 Å². The van der Waals surface area contributed by atoms with E-state index in [9.17, 15) is 18.0 Å². The Morgan fingerprint density at radius 3 is 2.27 bits per heavy atom.